The molecule has 0 saturated carbocycles. The fourth-order valence-electron chi connectivity index (χ4n) is 5.34. The monoisotopic (exact) mass is 538 g/mol. The Kier molecular flexibility index (Phi) is 12.2. The molecule has 0 aromatic carbocycles. The molecule has 2 atom stereocenters. The van der Waals surface area contributed by atoms with E-state index in [1.807, 2.05) is 51.3 Å². The van der Waals surface area contributed by atoms with Crippen molar-refractivity contribution in [2.24, 2.45) is 22.7 Å². The molecule has 0 radical (unpaired) electrons. The number of carbonyl (C=O) groups excluding carboxylic acids is 2. The molecule has 2 amide bonds. The summed E-state index contributed by atoms with van der Waals surface area (Å²) in [5.41, 5.74) is 12.6. The summed E-state index contributed by atoms with van der Waals surface area (Å²) < 4.78 is 10.9. The van der Waals surface area contributed by atoms with E-state index in [-0.39, 0.29) is 23.3 Å². The zero-order valence-electron chi connectivity index (χ0n) is 25.7. The summed E-state index contributed by atoms with van der Waals surface area (Å²) in [5.74, 6) is 1.00. The highest BCUT2D eigenvalue weighted by atomic mass is 16.6. The van der Waals surface area contributed by atoms with Crippen molar-refractivity contribution in [3.05, 3.63) is 10.4 Å². The molecular weight excluding hydrogens is 484 g/mol. The van der Waals surface area contributed by atoms with Crippen LogP contribution in [0.25, 0.3) is 10.4 Å². The maximum absolute atomic E-state index is 12.2. The van der Waals surface area contributed by atoms with Crippen LogP contribution in [0.1, 0.15) is 108 Å². The van der Waals surface area contributed by atoms with Gasteiger partial charge in [0, 0.05) is 35.6 Å². The van der Waals surface area contributed by atoms with E-state index in [1.165, 1.54) is 0 Å². The maximum atomic E-state index is 12.2. The van der Waals surface area contributed by atoms with E-state index in [2.05, 4.69) is 37.7 Å². The summed E-state index contributed by atoms with van der Waals surface area (Å²) in [7, 11) is 0. The standard InChI is InChI=1S/C14H26N4O2.C14H28N2O2/c1-13(2,3)20-12(19)18-10-11(9-14(18,4)5)7-6-8-16-17-15;1-13(2,3)18-12(17)16-10-11(7-6-8-15)9-14(16,4)5/h11H,6-10H2,1-5H3;11H,6-10,15H2,1-5H3/t2*11-/m00/s1. The van der Waals surface area contributed by atoms with Gasteiger partial charge in [-0.1, -0.05) is 5.11 Å². The van der Waals surface area contributed by atoms with Crippen LogP contribution >= 0.6 is 0 Å². The third-order valence-electron chi connectivity index (χ3n) is 6.90. The summed E-state index contributed by atoms with van der Waals surface area (Å²) in [6.07, 6.45) is 5.54. The summed E-state index contributed by atoms with van der Waals surface area (Å²) in [5, 5.41) is 3.55. The molecule has 10 nitrogen and oxygen atoms in total. The SMILES string of the molecule is CC(C)(C)OC(=O)N1C[C@@H](CCCN)CC1(C)C.CC(C)(C)OC(=O)N1C[C@@H](CCCN=[N+]=[N-])CC1(C)C. The maximum Gasteiger partial charge on any atom is 0.410 e. The molecule has 0 unspecified atom stereocenters. The van der Waals surface area contributed by atoms with Gasteiger partial charge in [-0.15, -0.1) is 0 Å². The lowest BCUT2D eigenvalue weighted by atomic mass is 9.93. The number of ether oxygens (including phenoxy) is 2. The van der Waals surface area contributed by atoms with Crippen LogP contribution in [-0.4, -0.2) is 70.4 Å². The quantitative estimate of drug-likeness (QED) is 0.163. The van der Waals surface area contributed by atoms with Gasteiger partial charge in [-0.2, -0.15) is 0 Å². The summed E-state index contributed by atoms with van der Waals surface area (Å²) in [6, 6.07) is 0. The minimum Gasteiger partial charge on any atom is -0.444 e. The fraction of sp³-hybridized carbons (Fsp3) is 0.929. The Morgan fingerprint density at radius 3 is 1.61 bits per heavy atom. The second-order valence-corrected chi connectivity index (χ2v) is 14.0. The topological polar surface area (TPSA) is 134 Å². The second-order valence-electron chi connectivity index (χ2n) is 14.0. The van der Waals surface area contributed by atoms with E-state index < -0.39 is 11.2 Å². The van der Waals surface area contributed by atoms with Gasteiger partial charge >= 0.3 is 12.2 Å². The molecule has 2 N–H and O–H groups in total. The van der Waals surface area contributed by atoms with Crippen LogP contribution in [0.2, 0.25) is 0 Å². The first-order valence-electron chi connectivity index (χ1n) is 14.0. The molecule has 2 aliphatic heterocycles. The molecule has 220 valence electrons. The van der Waals surface area contributed by atoms with E-state index >= 15 is 0 Å². The molecule has 2 fully saturated rings. The smallest absolute Gasteiger partial charge is 0.410 e. The largest absolute Gasteiger partial charge is 0.444 e. The van der Waals surface area contributed by atoms with Gasteiger partial charge in [-0.3, -0.25) is 0 Å². The van der Waals surface area contributed by atoms with Crippen LogP contribution < -0.4 is 5.73 Å². The van der Waals surface area contributed by atoms with Gasteiger partial charge in [0.25, 0.3) is 0 Å². The Morgan fingerprint density at radius 2 is 1.26 bits per heavy atom. The predicted molar refractivity (Wildman–Crippen MR) is 152 cm³/mol. The van der Waals surface area contributed by atoms with Crippen molar-refractivity contribution in [3.63, 3.8) is 0 Å². The Bertz CT molecular complexity index is 824. The molecule has 2 aliphatic rings. The van der Waals surface area contributed by atoms with Gasteiger partial charge in [0.15, 0.2) is 0 Å². The van der Waals surface area contributed by atoms with Gasteiger partial charge in [-0.05, 0) is 132 Å². The van der Waals surface area contributed by atoms with E-state index in [0.29, 0.717) is 18.4 Å². The highest BCUT2D eigenvalue weighted by Crippen LogP contribution is 2.37. The van der Waals surface area contributed by atoms with Crippen molar-refractivity contribution < 1.29 is 19.1 Å². The highest BCUT2D eigenvalue weighted by molar-refractivity contribution is 5.70. The number of azide groups is 1. The van der Waals surface area contributed by atoms with Crippen molar-refractivity contribution in [1.82, 2.24) is 9.80 Å². The van der Waals surface area contributed by atoms with Gasteiger partial charge in [0.1, 0.15) is 11.2 Å². The number of rotatable bonds is 7. The van der Waals surface area contributed by atoms with Crippen LogP contribution in [0.15, 0.2) is 5.11 Å². The lowest BCUT2D eigenvalue weighted by molar-refractivity contribution is 0.0118. The van der Waals surface area contributed by atoms with Crippen molar-refractivity contribution in [2.75, 3.05) is 26.2 Å². The summed E-state index contributed by atoms with van der Waals surface area (Å²) >= 11 is 0. The third kappa shape index (κ3) is 11.7. The molecule has 38 heavy (non-hydrogen) atoms. The van der Waals surface area contributed by atoms with Crippen molar-refractivity contribution in [3.8, 4) is 0 Å². The molecule has 2 saturated heterocycles. The molecule has 2 rings (SSSR count). The molecule has 0 aromatic rings. The molecule has 0 aromatic heterocycles. The molecule has 0 spiro atoms. The fourth-order valence-corrected chi connectivity index (χ4v) is 5.34. The number of hydrogen-bond donors (Lipinski definition) is 1. The van der Waals surface area contributed by atoms with Gasteiger partial charge < -0.3 is 25.0 Å². The zero-order valence-corrected chi connectivity index (χ0v) is 25.7. The first kappa shape index (κ1) is 33.8. The Morgan fingerprint density at radius 1 is 0.868 bits per heavy atom. The first-order valence-corrected chi connectivity index (χ1v) is 14.0. The van der Waals surface area contributed by atoms with Gasteiger partial charge in [-0.25, -0.2) is 9.59 Å². The number of amides is 2. The number of likely N-dealkylation sites (tertiary alicyclic amines) is 2. The average Bonchev–Trinajstić information content (AvgIpc) is 3.22. The minimum atomic E-state index is -0.466. The number of hydrogen-bond acceptors (Lipinski definition) is 6. The van der Waals surface area contributed by atoms with E-state index in [4.69, 9.17) is 20.7 Å². The van der Waals surface area contributed by atoms with E-state index in [9.17, 15) is 9.59 Å². The van der Waals surface area contributed by atoms with Crippen molar-refractivity contribution >= 4 is 12.2 Å². The molecule has 0 bridgehead atoms. The van der Waals surface area contributed by atoms with Crippen LogP contribution in [-0.2, 0) is 9.47 Å². The Balaban J connectivity index is 0.000000382. The van der Waals surface area contributed by atoms with Crippen molar-refractivity contribution in [2.45, 2.75) is 130 Å². The average molecular weight is 539 g/mol. The Labute approximate surface area is 230 Å². The van der Waals surface area contributed by atoms with Crippen molar-refractivity contribution in [1.29, 1.82) is 0 Å². The van der Waals surface area contributed by atoms with Gasteiger partial charge in [0.05, 0.1) is 0 Å². The Hall–Kier alpha value is -2.19. The number of nitrogens with zero attached hydrogens (tertiary/aromatic N) is 5. The van der Waals surface area contributed by atoms with E-state index in [1.54, 1.807) is 0 Å². The predicted octanol–water partition coefficient (Wildman–Crippen LogP) is 6.87. The normalized spacial score (nSPS) is 22.3. The van der Waals surface area contributed by atoms with Gasteiger partial charge in [0.2, 0.25) is 0 Å². The third-order valence-corrected chi connectivity index (χ3v) is 6.90. The zero-order chi connectivity index (χ0) is 29.4. The number of carbonyl (C=O) groups is 2. The number of nitrogens with two attached hydrogens (primary N) is 1. The summed E-state index contributed by atoms with van der Waals surface area (Å²) in [6.45, 7) is 22.5. The van der Waals surface area contributed by atoms with Crippen LogP contribution in [0, 0.1) is 11.8 Å². The molecule has 10 heteroatoms. The lowest BCUT2D eigenvalue weighted by Gasteiger charge is -2.33. The molecular formula is C28H54N6O4. The highest BCUT2D eigenvalue weighted by Gasteiger charge is 2.43. The first-order chi connectivity index (χ1) is 17.3. The second kappa shape index (κ2) is 13.7. The minimum absolute atomic E-state index is 0.110. The van der Waals surface area contributed by atoms with E-state index in [0.717, 1.165) is 58.2 Å². The van der Waals surface area contributed by atoms with Crippen LogP contribution in [0.5, 0.6) is 0 Å². The molecule has 2 heterocycles. The summed E-state index contributed by atoms with van der Waals surface area (Å²) in [4.78, 5) is 30.9. The lowest BCUT2D eigenvalue weighted by Crippen LogP contribution is -2.45. The molecule has 0 aliphatic carbocycles. The van der Waals surface area contributed by atoms with Crippen LogP contribution in [0.4, 0.5) is 9.59 Å². The van der Waals surface area contributed by atoms with Crippen LogP contribution in [0.3, 0.4) is 0 Å².